The average molecular weight is 528 g/mol. The fraction of sp³-hybridized carbons (Fsp3) is 0.0370. The zero-order valence-electron chi connectivity index (χ0n) is 19.4. The fourth-order valence-corrected chi connectivity index (χ4v) is 4.81. The Hall–Kier alpha value is -4.47. The van der Waals surface area contributed by atoms with Gasteiger partial charge in [0.2, 0.25) is 5.13 Å². The predicted octanol–water partition coefficient (Wildman–Crippen LogP) is 6.34. The number of hydrazone groups is 1. The van der Waals surface area contributed by atoms with Crippen LogP contribution in [-0.2, 0) is 0 Å². The molecule has 10 heteroatoms. The topological polar surface area (TPSA) is 94.0 Å². The lowest BCUT2D eigenvalue weighted by Crippen LogP contribution is -2.03. The van der Waals surface area contributed by atoms with Gasteiger partial charge >= 0.3 is 5.63 Å². The quantitative estimate of drug-likeness (QED) is 0.154. The Balaban J connectivity index is 1.30. The summed E-state index contributed by atoms with van der Waals surface area (Å²) < 4.78 is 12.7. The van der Waals surface area contributed by atoms with E-state index >= 15 is 0 Å². The molecule has 0 atom stereocenters. The maximum Gasteiger partial charge on any atom is 0.345 e. The van der Waals surface area contributed by atoms with Crippen LogP contribution in [0.25, 0.3) is 39.1 Å². The van der Waals surface area contributed by atoms with Crippen molar-refractivity contribution >= 4 is 50.9 Å². The van der Waals surface area contributed by atoms with E-state index in [0.717, 1.165) is 33.7 Å². The van der Waals surface area contributed by atoms with Crippen LogP contribution in [0.3, 0.4) is 0 Å². The molecule has 0 unspecified atom stereocenters. The molecular formula is C27H18ClN5O3S. The summed E-state index contributed by atoms with van der Waals surface area (Å²) in [7, 11) is 1.63. The number of benzene rings is 2. The molecule has 4 heterocycles. The molecule has 0 saturated carbocycles. The van der Waals surface area contributed by atoms with E-state index in [1.165, 1.54) is 11.3 Å². The number of ether oxygens (including phenoxy) is 1. The van der Waals surface area contributed by atoms with Gasteiger partial charge in [-0.2, -0.15) is 5.10 Å². The summed E-state index contributed by atoms with van der Waals surface area (Å²) in [6, 6.07) is 20.4. The number of thiazole rings is 1. The molecule has 182 valence electrons. The molecule has 37 heavy (non-hydrogen) atoms. The van der Waals surface area contributed by atoms with Crippen LogP contribution in [0.5, 0.6) is 5.75 Å². The number of fused-ring (bicyclic) bond motifs is 2. The highest BCUT2D eigenvalue weighted by Gasteiger charge is 2.14. The van der Waals surface area contributed by atoms with Crippen molar-refractivity contribution in [3.8, 4) is 28.3 Å². The second-order valence-corrected chi connectivity index (χ2v) is 9.34. The number of rotatable bonds is 6. The number of pyridine rings is 1. The zero-order valence-corrected chi connectivity index (χ0v) is 21.0. The van der Waals surface area contributed by atoms with Crippen molar-refractivity contribution in [3.63, 3.8) is 0 Å². The summed E-state index contributed by atoms with van der Waals surface area (Å²) in [4.78, 5) is 21.8. The van der Waals surface area contributed by atoms with Crippen molar-refractivity contribution in [2.24, 2.45) is 5.10 Å². The zero-order chi connectivity index (χ0) is 25.4. The number of nitrogens with one attached hydrogen (secondary N) is 1. The minimum absolute atomic E-state index is 0.353. The molecule has 0 spiro atoms. The van der Waals surface area contributed by atoms with E-state index in [0.29, 0.717) is 27.0 Å². The second kappa shape index (κ2) is 9.53. The number of hydrogen-bond donors (Lipinski definition) is 1. The molecule has 2 aromatic carbocycles. The molecule has 0 aliphatic heterocycles. The molecule has 0 radical (unpaired) electrons. The Labute approximate surface area is 219 Å². The van der Waals surface area contributed by atoms with Crippen LogP contribution in [-0.4, -0.2) is 27.7 Å². The van der Waals surface area contributed by atoms with Crippen LogP contribution in [0.1, 0.15) is 5.69 Å². The molecule has 8 nitrogen and oxygen atoms in total. The molecule has 6 aromatic rings. The Morgan fingerprint density at radius 1 is 1.11 bits per heavy atom. The van der Waals surface area contributed by atoms with Gasteiger partial charge in [0.15, 0.2) is 0 Å². The summed E-state index contributed by atoms with van der Waals surface area (Å²) in [5, 5.41) is 8.00. The van der Waals surface area contributed by atoms with Gasteiger partial charge in [0.1, 0.15) is 17.0 Å². The highest BCUT2D eigenvalue weighted by Crippen LogP contribution is 2.28. The smallest absolute Gasteiger partial charge is 0.345 e. The minimum atomic E-state index is -0.468. The number of aromatic nitrogens is 3. The summed E-state index contributed by atoms with van der Waals surface area (Å²) in [5.41, 5.74) is 7.13. The maximum absolute atomic E-state index is 12.5. The van der Waals surface area contributed by atoms with Crippen molar-refractivity contribution < 1.29 is 9.15 Å². The van der Waals surface area contributed by atoms with Gasteiger partial charge in [-0.15, -0.1) is 11.3 Å². The lowest BCUT2D eigenvalue weighted by Gasteiger charge is -2.03. The summed E-state index contributed by atoms with van der Waals surface area (Å²) in [6.07, 6.45) is 3.64. The number of anilines is 1. The van der Waals surface area contributed by atoms with E-state index in [1.807, 2.05) is 53.1 Å². The van der Waals surface area contributed by atoms with Crippen molar-refractivity contribution in [2.75, 3.05) is 12.5 Å². The molecule has 0 bridgehead atoms. The largest absolute Gasteiger partial charge is 0.497 e. The van der Waals surface area contributed by atoms with Crippen molar-refractivity contribution in [3.05, 3.63) is 99.4 Å². The number of halogens is 1. The third-order valence-corrected chi connectivity index (χ3v) is 6.73. The monoisotopic (exact) mass is 527 g/mol. The van der Waals surface area contributed by atoms with Crippen LogP contribution >= 0.6 is 22.9 Å². The Bertz CT molecular complexity index is 1840. The van der Waals surface area contributed by atoms with Crippen LogP contribution in [0, 0.1) is 0 Å². The van der Waals surface area contributed by atoms with Gasteiger partial charge in [-0.3, -0.25) is 9.83 Å². The van der Waals surface area contributed by atoms with Gasteiger partial charge in [0, 0.05) is 27.5 Å². The lowest BCUT2D eigenvalue weighted by atomic mass is 10.1. The highest BCUT2D eigenvalue weighted by molar-refractivity contribution is 7.14. The van der Waals surface area contributed by atoms with Gasteiger partial charge in [-0.05, 0) is 60.7 Å². The lowest BCUT2D eigenvalue weighted by molar-refractivity contribution is 0.415. The molecule has 4 aromatic heterocycles. The molecular weight excluding hydrogens is 510 g/mol. The number of nitrogens with zero attached hydrogens (tertiary/aromatic N) is 4. The average Bonchev–Trinajstić information content (AvgIpc) is 3.54. The molecule has 0 aliphatic carbocycles. The standard InChI is InChI=1S/C27H18ClN5O3S/c1-35-19-8-5-16(6-9-19)25-22(33-11-3-2-4-24(33)31-25)14-29-32-27-30-21(15-37-27)20-13-17-12-18(28)7-10-23(17)36-26(20)34/h2-15H,1H3,(H,30,32)/b29-14+. The van der Waals surface area contributed by atoms with E-state index < -0.39 is 5.63 Å². The van der Waals surface area contributed by atoms with Gasteiger partial charge < -0.3 is 9.15 Å². The van der Waals surface area contributed by atoms with Crippen LogP contribution < -0.4 is 15.8 Å². The first-order chi connectivity index (χ1) is 18.1. The van der Waals surface area contributed by atoms with E-state index in [9.17, 15) is 4.79 Å². The predicted molar refractivity (Wildman–Crippen MR) is 147 cm³/mol. The molecule has 6 rings (SSSR count). The van der Waals surface area contributed by atoms with Crippen molar-refractivity contribution in [1.82, 2.24) is 14.4 Å². The van der Waals surface area contributed by atoms with E-state index in [4.69, 9.17) is 25.7 Å². The Kier molecular flexibility index (Phi) is 5.91. The van der Waals surface area contributed by atoms with E-state index in [1.54, 1.807) is 43.0 Å². The van der Waals surface area contributed by atoms with Crippen LogP contribution in [0.15, 0.2) is 92.6 Å². The first-order valence-corrected chi connectivity index (χ1v) is 12.4. The van der Waals surface area contributed by atoms with E-state index in [2.05, 4.69) is 15.5 Å². The number of methoxy groups -OCH3 is 1. The molecule has 0 amide bonds. The fourth-order valence-electron chi connectivity index (χ4n) is 3.97. The molecule has 0 saturated heterocycles. The van der Waals surface area contributed by atoms with Gasteiger partial charge in [0.05, 0.1) is 36.0 Å². The Morgan fingerprint density at radius 2 is 1.97 bits per heavy atom. The normalized spacial score (nSPS) is 11.5. The second-order valence-electron chi connectivity index (χ2n) is 8.04. The first kappa shape index (κ1) is 23.0. The Morgan fingerprint density at radius 3 is 2.81 bits per heavy atom. The minimum Gasteiger partial charge on any atom is -0.497 e. The van der Waals surface area contributed by atoms with Gasteiger partial charge in [-0.25, -0.2) is 14.8 Å². The number of imidazole rings is 1. The highest BCUT2D eigenvalue weighted by atomic mass is 35.5. The third kappa shape index (κ3) is 4.46. The summed E-state index contributed by atoms with van der Waals surface area (Å²) >= 11 is 7.42. The maximum atomic E-state index is 12.5. The van der Waals surface area contributed by atoms with Crippen molar-refractivity contribution in [1.29, 1.82) is 0 Å². The van der Waals surface area contributed by atoms with Crippen molar-refractivity contribution in [2.45, 2.75) is 0 Å². The molecule has 0 fully saturated rings. The van der Waals surface area contributed by atoms with Crippen LogP contribution in [0.4, 0.5) is 5.13 Å². The summed E-state index contributed by atoms with van der Waals surface area (Å²) in [5.74, 6) is 0.771. The first-order valence-electron chi connectivity index (χ1n) is 11.2. The third-order valence-electron chi connectivity index (χ3n) is 5.75. The molecule has 1 N–H and O–H groups in total. The SMILES string of the molecule is COc1ccc(-c2nc3ccccn3c2/C=N/Nc2nc(-c3cc4cc(Cl)ccc4oc3=O)cs2)cc1. The summed E-state index contributed by atoms with van der Waals surface area (Å²) in [6.45, 7) is 0. The molecule has 0 aliphatic rings. The van der Waals surface area contributed by atoms with Gasteiger partial charge in [-0.1, -0.05) is 17.7 Å². The van der Waals surface area contributed by atoms with E-state index in [-0.39, 0.29) is 0 Å². The van der Waals surface area contributed by atoms with Gasteiger partial charge in [0.25, 0.3) is 0 Å². The number of hydrogen-bond acceptors (Lipinski definition) is 8. The van der Waals surface area contributed by atoms with Crippen LogP contribution in [0.2, 0.25) is 5.02 Å².